The van der Waals surface area contributed by atoms with Gasteiger partial charge in [0.25, 0.3) is 0 Å². The molecule has 1 fully saturated rings. The average molecular weight is 191 g/mol. The molecule has 3 rings (SSSR count). The first-order valence-corrected chi connectivity index (χ1v) is 5.27. The van der Waals surface area contributed by atoms with Crippen LogP contribution in [0.5, 0.6) is 5.75 Å². The first-order valence-electron chi connectivity index (χ1n) is 5.27. The fourth-order valence-electron chi connectivity index (χ4n) is 2.03. The lowest BCUT2D eigenvalue weighted by Gasteiger charge is -2.03. The molecule has 1 saturated carbocycles. The van der Waals surface area contributed by atoms with Gasteiger partial charge in [0.2, 0.25) is 0 Å². The number of rotatable bonds is 1. The predicted molar refractivity (Wildman–Crippen MR) is 57.7 cm³/mol. The maximum Gasteiger partial charge on any atom is 0.122 e. The van der Waals surface area contributed by atoms with Crippen LogP contribution in [-0.2, 0) is 6.42 Å². The van der Waals surface area contributed by atoms with Gasteiger partial charge in [-0.2, -0.15) is 0 Å². The van der Waals surface area contributed by atoms with E-state index in [1.54, 1.807) is 5.56 Å². The number of hydrogen-bond donors (Lipinski definition) is 1. The van der Waals surface area contributed by atoms with Gasteiger partial charge in [-0.25, -0.2) is 0 Å². The monoisotopic (exact) mass is 191 g/mol. The molecule has 2 N–H and O–H groups in total. The van der Waals surface area contributed by atoms with E-state index in [4.69, 9.17) is 4.74 Å². The minimum Gasteiger partial charge on any atom is -0.493 e. The Morgan fingerprint density at radius 2 is 2.07 bits per heavy atom. The van der Waals surface area contributed by atoms with Crippen LogP contribution >= 0.6 is 0 Å². The largest absolute Gasteiger partial charge is 0.493 e. The standard InChI is InChI=1S/C11H12O.CH5N/c1-2-9(8-4-5-8)10-6-7-12-11(10)3-1;1-2/h1-3,8H,4-7H2;2H2,1H3. The van der Waals surface area contributed by atoms with Gasteiger partial charge in [0.15, 0.2) is 0 Å². The van der Waals surface area contributed by atoms with Gasteiger partial charge in [0, 0.05) is 12.0 Å². The summed E-state index contributed by atoms with van der Waals surface area (Å²) in [5.41, 5.74) is 7.55. The molecular formula is C12H17NO. The van der Waals surface area contributed by atoms with Gasteiger partial charge in [0.1, 0.15) is 5.75 Å². The van der Waals surface area contributed by atoms with E-state index in [2.05, 4.69) is 23.9 Å². The molecule has 76 valence electrons. The van der Waals surface area contributed by atoms with Crippen LogP contribution in [0, 0.1) is 0 Å². The van der Waals surface area contributed by atoms with Gasteiger partial charge >= 0.3 is 0 Å². The number of ether oxygens (including phenoxy) is 1. The summed E-state index contributed by atoms with van der Waals surface area (Å²) in [6, 6.07) is 6.48. The zero-order chi connectivity index (χ0) is 9.97. The quantitative estimate of drug-likeness (QED) is 0.737. The Hall–Kier alpha value is -1.02. The van der Waals surface area contributed by atoms with Crippen molar-refractivity contribution >= 4 is 0 Å². The molecule has 2 heteroatoms. The molecule has 0 atom stereocenters. The van der Waals surface area contributed by atoms with Crippen LogP contribution in [0.15, 0.2) is 18.2 Å². The fourth-order valence-corrected chi connectivity index (χ4v) is 2.03. The molecule has 0 saturated heterocycles. The van der Waals surface area contributed by atoms with Crippen molar-refractivity contribution in [2.24, 2.45) is 5.73 Å². The van der Waals surface area contributed by atoms with Crippen molar-refractivity contribution in [1.82, 2.24) is 0 Å². The second-order valence-corrected chi connectivity index (χ2v) is 3.70. The molecule has 1 aromatic rings. The van der Waals surface area contributed by atoms with Gasteiger partial charge in [-0.1, -0.05) is 12.1 Å². The maximum atomic E-state index is 5.52. The minimum absolute atomic E-state index is 0.863. The SMILES string of the molecule is CN.c1cc2c(c(C3CC3)c1)CCO2. The Bertz CT molecular complexity index is 318. The van der Waals surface area contributed by atoms with Gasteiger partial charge < -0.3 is 10.5 Å². The van der Waals surface area contributed by atoms with E-state index >= 15 is 0 Å². The number of fused-ring (bicyclic) bond motifs is 1. The van der Waals surface area contributed by atoms with Crippen molar-refractivity contribution in [2.45, 2.75) is 25.2 Å². The molecule has 0 bridgehead atoms. The molecule has 0 amide bonds. The highest BCUT2D eigenvalue weighted by molar-refractivity contribution is 5.45. The highest BCUT2D eigenvalue weighted by atomic mass is 16.5. The smallest absolute Gasteiger partial charge is 0.122 e. The van der Waals surface area contributed by atoms with E-state index in [9.17, 15) is 0 Å². The highest BCUT2D eigenvalue weighted by Crippen LogP contribution is 2.44. The molecule has 0 radical (unpaired) electrons. The fraction of sp³-hybridized carbons (Fsp3) is 0.500. The van der Waals surface area contributed by atoms with Crippen LogP contribution in [0.3, 0.4) is 0 Å². The molecule has 0 aromatic heterocycles. The summed E-state index contributed by atoms with van der Waals surface area (Å²) in [6.45, 7) is 0.888. The molecule has 1 aliphatic heterocycles. The van der Waals surface area contributed by atoms with Crippen LogP contribution in [0.2, 0.25) is 0 Å². The number of hydrogen-bond acceptors (Lipinski definition) is 2. The van der Waals surface area contributed by atoms with E-state index in [1.807, 2.05) is 0 Å². The van der Waals surface area contributed by atoms with Crippen LogP contribution in [0.4, 0.5) is 0 Å². The first kappa shape index (κ1) is 9.53. The summed E-state index contributed by atoms with van der Waals surface area (Å²) in [5.74, 6) is 2.00. The second-order valence-electron chi connectivity index (χ2n) is 3.70. The van der Waals surface area contributed by atoms with Crippen LogP contribution in [0.1, 0.15) is 29.9 Å². The van der Waals surface area contributed by atoms with E-state index in [0.717, 1.165) is 24.7 Å². The normalized spacial score (nSPS) is 17.9. The Morgan fingerprint density at radius 3 is 2.79 bits per heavy atom. The molecule has 1 aliphatic carbocycles. The van der Waals surface area contributed by atoms with Crippen molar-refractivity contribution < 1.29 is 4.74 Å². The summed E-state index contributed by atoms with van der Waals surface area (Å²) in [6.07, 6.45) is 3.90. The van der Waals surface area contributed by atoms with Crippen LogP contribution < -0.4 is 10.5 Å². The zero-order valence-electron chi connectivity index (χ0n) is 8.62. The highest BCUT2D eigenvalue weighted by Gasteiger charge is 2.28. The Labute approximate surface area is 85.1 Å². The summed E-state index contributed by atoms with van der Waals surface area (Å²) in [4.78, 5) is 0. The third kappa shape index (κ3) is 1.62. The summed E-state index contributed by atoms with van der Waals surface area (Å²) < 4.78 is 5.52. The lowest BCUT2D eigenvalue weighted by Crippen LogP contribution is -1.88. The van der Waals surface area contributed by atoms with E-state index < -0.39 is 0 Å². The Balaban J connectivity index is 0.000000354. The zero-order valence-corrected chi connectivity index (χ0v) is 8.62. The van der Waals surface area contributed by atoms with Crippen LogP contribution in [0.25, 0.3) is 0 Å². The molecule has 0 spiro atoms. The van der Waals surface area contributed by atoms with Crippen molar-refractivity contribution in [3.8, 4) is 5.75 Å². The van der Waals surface area contributed by atoms with Crippen molar-refractivity contribution in [1.29, 1.82) is 0 Å². The summed E-state index contributed by atoms with van der Waals surface area (Å²) in [5, 5.41) is 0. The molecule has 2 aliphatic rings. The van der Waals surface area contributed by atoms with Crippen molar-refractivity contribution in [3.63, 3.8) is 0 Å². The van der Waals surface area contributed by atoms with Gasteiger partial charge in [0.05, 0.1) is 6.61 Å². The molecule has 2 nitrogen and oxygen atoms in total. The first-order chi connectivity index (χ1) is 6.95. The molecular weight excluding hydrogens is 174 g/mol. The lowest BCUT2D eigenvalue weighted by molar-refractivity contribution is 0.357. The van der Waals surface area contributed by atoms with Gasteiger partial charge in [-0.05, 0) is 37.4 Å². The summed E-state index contributed by atoms with van der Waals surface area (Å²) in [7, 11) is 1.50. The number of benzene rings is 1. The Morgan fingerprint density at radius 1 is 1.29 bits per heavy atom. The van der Waals surface area contributed by atoms with E-state index in [-0.39, 0.29) is 0 Å². The maximum absolute atomic E-state index is 5.52. The van der Waals surface area contributed by atoms with Crippen molar-refractivity contribution in [2.75, 3.05) is 13.7 Å². The minimum atomic E-state index is 0.863. The van der Waals surface area contributed by atoms with Crippen LogP contribution in [-0.4, -0.2) is 13.7 Å². The Kier molecular flexibility index (Phi) is 2.73. The lowest BCUT2D eigenvalue weighted by atomic mass is 10.0. The predicted octanol–water partition coefficient (Wildman–Crippen LogP) is 2.07. The average Bonchev–Trinajstić information content (AvgIpc) is 2.98. The summed E-state index contributed by atoms with van der Waals surface area (Å²) >= 11 is 0. The molecule has 14 heavy (non-hydrogen) atoms. The molecule has 1 heterocycles. The van der Waals surface area contributed by atoms with E-state index in [0.29, 0.717) is 0 Å². The third-order valence-electron chi connectivity index (χ3n) is 2.80. The number of nitrogens with two attached hydrogens (primary N) is 1. The van der Waals surface area contributed by atoms with Gasteiger partial charge in [-0.3, -0.25) is 0 Å². The molecule has 0 unspecified atom stereocenters. The topological polar surface area (TPSA) is 35.2 Å². The van der Waals surface area contributed by atoms with Gasteiger partial charge in [-0.15, -0.1) is 0 Å². The molecule has 1 aromatic carbocycles. The third-order valence-corrected chi connectivity index (χ3v) is 2.80. The van der Waals surface area contributed by atoms with Crippen molar-refractivity contribution in [3.05, 3.63) is 29.3 Å². The van der Waals surface area contributed by atoms with E-state index in [1.165, 1.54) is 25.5 Å². The second kappa shape index (κ2) is 4.01.